The van der Waals surface area contributed by atoms with Crippen molar-refractivity contribution in [3.8, 4) is 17.2 Å². The molecule has 2 heterocycles. The third-order valence-electron chi connectivity index (χ3n) is 7.83. The highest BCUT2D eigenvalue weighted by molar-refractivity contribution is 6.04. The number of carbonyl (C=O) groups is 2. The van der Waals surface area contributed by atoms with E-state index in [2.05, 4.69) is 5.32 Å². The Kier molecular flexibility index (Phi) is 7.03. The fraction of sp³-hybridized carbons (Fsp3) is 0.273. The molecule has 0 saturated carbocycles. The van der Waals surface area contributed by atoms with E-state index in [-0.39, 0.29) is 25.1 Å². The predicted molar refractivity (Wildman–Crippen MR) is 149 cm³/mol. The van der Waals surface area contributed by atoms with E-state index in [1.807, 2.05) is 79.7 Å². The number of Topliss-reactive ketones (excluding diaryl/α,β-unsaturated/α-hetero) is 1. The zero-order valence-corrected chi connectivity index (χ0v) is 22.6. The number of hydrogen-bond donors (Lipinski definition) is 1. The smallest absolute Gasteiger partial charge is 0.336 e. The number of ketones is 1. The van der Waals surface area contributed by atoms with Gasteiger partial charge in [-0.2, -0.15) is 0 Å². The number of rotatable bonds is 7. The van der Waals surface area contributed by atoms with E-state index in [1.165, 1.54) is 0 Å². The molecule has 0 unspecified atom stereocenters. The van der Waals surface area contributed by atoms with Crippen molar-refractivity contribution in [1.29, 1.82) is 0 Å². The van der Waals surface area contributed by atoms with Crippen molar-refractivity contribution in [3.63, 3.8) is 0 Å². The summed E-state index contributed by atoms with van der Waals surface area (Å²) in [7, 11) is 1.64. The molecule has 0 aromatic heterocycles. The number of allylic oxidation sites excluding steroid dienone is 3. The Morgan fingerprint density at radius 2 is 1.70 bits per heavy atom. The fourth-order valence-corrected chi connectivity index (χ4v) is 5.83. The molecular weight excluding hydrogens is 506 g/mol. The molecule has 7 heteroatoms. The number of hydrogen-bond acceptors (Lipinski definition) is 7. The summed E-state index contributed by atoms with van der Waals surface area (Å²) in [5.41, 5.74) is 5.56. The molecular formula is C33H31NO6. The number of methoxy groups -OCH3 is 1. The molecule has 0 spiro atoms. The van der Waals surface area contributed by atoms with Crippen molar-refractivity contribution < 1.29 is 28.5 Å². The topological polar surface area (TPSA) is 83.1 Å². The van der Waals surface area contributed by atoms with Gasteiger partial charge in [-0.05, 0) is 60.2 Å². The van der Waals surface area contributed by atoms with E-state index in [1.54, 1.807) is 7.11 Å². The molecule has 6 rings (SSSR count). The zero-order chi connectivity index (χ0) is 27.6. The van der Waals surface area contributed by atoms with Gasteiger partial charge >= 0.3 is 5.97 Å². The van der Waals surface area contributed by atoms with E-state index >= 15 is 0 Å². The summed E-state index contributed by atoms with van der Waals surface area (Å²) in [6.07, 6.45) is 1.61. The predicted octanol–water partition coefficient (Wildman–Crippen LogP) is 5.57. The van der Waals surface area contributed by atoms with Crippen molar-refractivity contribution in [2.24, 2.45) is 0 Å². The lowest BCUT2D eigenvalue weighted by molar-refractivity contribution is -0.139. The van der Waals surface area contributed by atoms with Crippen LogP contribution in [-0.2, 0) is 20.7 Å². The Bertz CT molecular complexity index is 1510. The summed E-state index contributed by atoms with van der Waals surface area (Å²) < 4.78 is 22.2. The Labute approximate surface area is 233 Å². The maximum atomic E-state index is 13.9. The van der Waals surface area contributed by atoms with Crippen LogP contribution in [0.15, 0.2) is 95.3 Å². The lowest BCUT2D eigenvalue weighted by atomic mass is 9.71. The largest absolute Gasteiger partial charge is 0.497 e. The lowest BCUT2D eigenvalue weighted by Gasteiger charge is -2.36. The molecule has 0 saturated heterocycles. The Morgan fingerprint density at radius 1 is 0.950 bits per heavy atom. The quantitative estimate of drug-likeness (QED) is 0.395. The molecule has 40 heavy (non-hydrogen) atoms. The molecule has 204 valence electrons. The average molecular weight is 538 g/mol. The minimum atomic E-state index is -0.570. The van der Waals surface area contributed by atoms with Gasteiger partial charge in [-0.15, -0.1) is 0 Å². The van der Waals surface area contributed by atoms with E-state index in [0.717, 1.165) is 28.1 Å². The minimum Gasteiger partial charge on any atom is -0.497 e. The highest BCUT2D eigenvalue weighted by Crippen LogP contribution is 2.47. The van der Waals surface area contributed by atoms with Crippen LogP contribution in [0.5, 0.6) is 17.2 Å². The van der Waals surface area contributed by atoms with Crippen LogP contribution in [-0.4, -0.2) is 32.3 Å². The molecule has 1 N–H and O–H groups in total. The lowest BCUT2D eigenvalue weighted by Crippen LogP contribution is -2.36. The third kappa shape index (κ3) is 4.95. The normalized spacial score (nSPS) is 19.7. The Hall–Kier alpha value is -4.52. The monoisotopic (exact) mass is 537 g/mol. The first kappa shape index (κ1) is 25.7. The van der Waals surface area contributed by atoms with Crippen LogP contribution in [0.25, 0.3) is 0 Å². The van der Waals surface area contributed by atoms with Crippen molar-refractivity contribution in [1.82, 2.24) is 5.32 Å². The third-order valence-corrected chi connectivity index (χ3v) is 7.83. The van der Waals surface area contributed by atoms with Crippen LogP contribution in [0.4, 0.5) is 0 Å². The number of benzene rings is 3. The van der Waals surface area contributed by atoms with Crippen LogP contribution in [0.3, 0.4) is 0 Å². The van der Waals surface area contributed by atoms with Crippen LogP contribution in [0.1, 0.15) is 48.3 Å². The van der Waals surface area contributed by atoms with Gasteiger partial charge in [-0.3, -0.25) is 4.79 Å². The Balaban J connectivity index is 1.33. The molecule has 1 aliphatic carbocycles. The van der Waals surface area contributed by atoms with E-state index < -0.39 is 11.9 Å². The summed E-state index contributed by atoms with van der Waals surface area (Å²) in [5.74, 6) is 1.06. The summed E-state index contributed by atoms with van der Waals surface area (Å²) in [4.78, 5) is 27.5. The van der Waals surface area contributed by atoms with Gasteiger partial charge in [0.2, 0.25) is 6.79 Å². The van der Waals surface area contributed by atoms with Gasteiger partial charge in [0.25, 0.3) is 0 Å². The van der Waals surface area contributed by atoms with Crippen LogP contribution in [0, 0.1) is 0 Å². The van der Waals surface area contributed by atoms with Gasteiger partial charge in [0, 0.05) is 35.7 Å². The van der Waals surface area contributed by atoms with Crippen molar-refractivity contribution in [2.45, 2.75) is 38.0 Å². The molecule has 0 fully saturated rings. The van der Waals surface area contributed by atoms with Crippen molar-refractivity contribution in [2.75, 3.05) is 20.5 Å². The van der Waals surface area contributed by atoms with Gasteiger partial charge in [0.05, 0.1) is 19.3 Å². The molecule has 2 aliphatic heterocycles. The molecule has 7 nitrogen and oxygen atoms in total. The number of esters is 1. The first-order chi connectivity index (χ1) is 19.5. The Morgan fingerprint density at radius 3 is 2.48 bits per heavy atom. The molecule has 3 aromatic carbocycles. The molecule has 0 radical (unpaired) electrons. The van der Waals surface area contributed by atoms with Gasteiger partial charge in [-0.1, -0.05) is 48.5 Å². The van der Waals surface area contributed by atoms with Crippen LogP contribution >= 0.6 is 0 Å². The first-order valence-electron chi connectivity index (χ1n) is 13.5. The number of ether oxygens (including phenoxy) is 4. The molecule has 2 atom stereocenters. The van der Waals surface area contributed by atoms with E-state index in [4.69, 9.17) is 18.9 Å². The zero-order valence-electron chi connectivity index (χ0n) is 22.6. The standard InChI is InChI=1S/C33H31NO6/c1-20-30(33(36)38-15-14-21-6-4-3-5-7-21)31(23-10-13-28-29(18-23)40-19-39-28)32-26(34-20)16-24(17-27(32)35)22-8-11-25(37-2)12-9-22/h3-13,18,24,31,34H,14-17,19H2,1-2H3/t24-,31-/m0/s1. The second kappa shape index (κ2) is 10.9. The van der Waals surface area contributed by atoms with Crippen molar-refractivity contribution in [3.05, 3.63) is 112 Å². The maximum Gasteiger partial charge on any atom is 0.336 e. The fourth-order valence-electron chi connectivity index (χ4n) is 5.83. The van der Waals surface area contributed by atoms with Crippen molar-refractivity contribution >= 4 is 11.8 Å². The van der Waals surface area contributed by atoms with Gasteiger partial charge in [0.1, 0.15) is 5.75 Å². The van der Waals surface area contributed by atoms with Gasteiger partial charge in [-0.25, -0.2) is 4.79 Å². The van der Waals surface area contributed by atoms with Gasteiger partial charge < -0.3 is 24.3 Å². The maximum absolute atomic E-state index is 13.9. The molecule has 0 amide bonds. The van der Waals surface area contributed by atoms with Crippen LogP contribution in [0.2, 0.25) is 0 Å². The molecule has 3 aliphatic rings. The second-order valence-electron chi connectivity index (χ2n) is 10.3. The molecule has 3 aromatic rings. The highest BCUT2D eigenvalue weighted by Gasteiger charge is 2.42. The SMILES string of the molecule is COc1ccc([C@@H]2CC(=O)C3=C(C2)NC(C)=C(C(=O)OCCc2ccccc2)[C@@H]3c2ccc3c(c2)OCO3)cc1. The van der Waals surface area contributed by atoms with Gasteiger partial charge in [0.15, 0.2) is 17.3 Å². The second-order valence-corrected chi connectivity index (χ2v) is 10.3. The first-order valence-corrected chi connectivity index (χ1v) is 13.5. The van der Waals surface area contributed by atoms with E-state index in [9.17, 15) is 9.59 Å². The molecule has 0 bridgehead atoms. The van der Waals surface area contributed by atoms with E-state index in [0.29, 0.717) is 47.6 Å². The number of dihydropyridines is 1. The number of carbonyl (C=O) groups excluding carboxylic acids is 2. The minimum absolute atomic E-state index is 0.0133. The van der Waals surface area contributed by atoms with Crippen LogP contribution < -0.4 is 19.5 Å². The highest BCUT2D eigenvalue weighted by atomic mass is 16.7. The number of fused-ring (bicyclic) bond motifs is 1. The number of nitrogens with one attached hydrogen (secondary N) is 1. The summed E-state index contributed by atoms with van der Waals surface area (Å²) in [6.45, 7) is 2.26. The summed E-state index contributed by atoms with van der Waals surface area (Å²) >= 11 is 0. The summed E-state index contributed by atoms with van der Waals surface area (Å²) in [6, 6.07) is 23.4. The summed E-state index contributed by atoms with van der Waals surface area (Å²) in [5, 5.41) is 3.42. The average Bonchev–Trinajstić information content (AvgIpc) is 3.45.